The molecule has 1 atom stereocenters. The predicted molar refractivity (Wildman–Crippen MR) is 96.5 cm³/mol. The molecule has 8 nitrogen and oxygen atoms in total. The monoisotopic (exact) mass is 397 g/mol. The Morgan fingerprint density at radius 3 is 2.52 bits per heavy atom. The number of rotatable bonds is 5. The normalized spacial score (nSPS) is 18.8. The second-order valence-electron chi connectivity index (χ2n) is 6.97. The van der Waals surface area contributed by atoms with Gasteiger partial charge in [-0.25, -0.2) is 22.8 Å². The number of aromatic nitrogens is 4. The van der Waals surface area contributed by atoms with Crippen molar-refractivity contribution < 1.29 is 17.5 Å². The van der Waals surface area contributed by atoms with E-state index < -0.39 is 15.8 Å². The number of ether oxygens (including phenoxy) is 1. The maximum atomic E-state index is 13.2. The molecular formula is C17H24FN5O3S. The van der Waals surface area contributed by atoms with Crippen molar-refractivity contribution in [1.29, 1.82) is 0 Å². The van der Waals surface area contributed by atoms with E-state index in [0.29, 0.717) is 30.8 Å². The summed E-state index contributed by atoms with van der Waals surface area (Å²) in [5.41, 5.74) is 1.12. The van der Waals surface area contributed by atoms with E-state index in [4.69, 9.17) is 4.74 Å². The van der Waals surface area contributed by atoms with Crippen LogP contribution in [0.1, 0.15) is 44.1 Å². The molecule has 1 aliphatic heterocycles. The minimum Gasteiger partial charge on any atom is -0.459 e. The maximum absolute atomic E-state index is 13.2. The van der Waals surface area contributed by atoms with E-state index >= 15 is 0 Å². The molecule has 0 spiro atoms. The number of hydrogen-bond acceptors (Lipinski definition) is 6. The molecule has 3 heterocycles. The molecule has 0 aliphatic carbocycles. The van der Waals surface area contributed by atoms with E-state index in [0.717, 1.165) is 12.4 Å². The van der Waals surface area contributed by atoms with Crippen LogP contribution in [0, 0.1) is 19.7 Å². The van der Waals surface area contributed by atoms with Crippen LogP contribution in [0.5, 0.6) is 6.01 Å². The first-order chi connectivity index (χ1) is 12.7. The fourth-order valence-electron chi connectivity index (χ4n) is 3.38. The predicted octanol–water partition coefficient (Wildman–Crippen LogP) is 2.24. The van der Waals surface area contributed by atoms with E-state index in [1.54, 1.807) is 18.5 Å². The largest absolute Gasteiger partial charge is 0.459 e. The lowest BCUT2D eigenvalue weighted by molar-refractivity contribution is 0.119. The van der Waals surface area contributed by atoms with Gasteiger partial charge in [-0.15, -0.1) is 0 Å². The highest BCUT2D eigenvalue weighted by Crippen LogP contribution is 2.28. The molecule has 10 heteroatoms. The average Bonchev–Trinajstić information content (AvgIpc) is 2.92. The second-order valence-corrected chi connectivity index (χ2v) is 8.84. The van der Waals surface area contributed by atoms with Gasteiger partial charge in [0.2, 0.25) is 10.0 Å². The van der Waals surface area contributed by atoms with Gasteiger partial charge >= 0.3 is 6.01 Å². The van der Waals surface area contributed by atoms with Gasteiger partial charge < -0.3 is 4.74 Å². The van der Waals surface area contributed by atoms with E-state index in [1.165, 1.54) is 4.31 Å². The number of sulfonamides is 1. The lowest BCUT2D eigenvalue weighted by Crippen LogP contribution is -2.44. The van der Waals surface area contributed by atoms with Gasteiger partial charge in [0, 0.05) is 12.6 Å². The van der Waals surface area contributed by atoms with Crippen molar-refractivity contribution in [3.05, 3.63) is 29.6 Å². The first kappa shape index (κ1) is 19.7. The molecule has 27 heavy (non-hydrogen) atoms. The standard InChI is InChI=1S/C17H24FN5O3S/c1-11(2)23-13(4)16(12(3)21-23)27(24,25)22-7-5-6-15(10-22)26-17-19-8-14(18)9-20-17/h8-9,11,15H,5-7,10H2,1-4H3/t15-/m0/s1. The highest BCUT2D eigenvalue weighted by atomic mass is 32.2. The summed E-state index contributed by atoms with van der Waals surface area (Å²) in [6, 6.07) is 0.112. The van der Waals surface area contributed by atoms with Gasteiger partial charge in [0.15, 0.2) is 5.82 Å². The van der Waals surface area contributed by atoms with E-state index in [-0.39, 0.29) is 29.6 Å². The quantitative estimate of drug-likeness (QED) is 0.769. The molecule has 0 radical (unpaired) electrons. The Balaban J connectivity index is 1.82. The average molecular weight is 397 g/mol. The van der Waals surface area contributed by atoms with Crippen molar-refractivity contribution in [2.24, 2.45) is 0 Å². The number of aryl methyl sites for hydroxylation is 1. The van der Waals surface area contributed by atoms with Crippen molar-refractivity contribution in [1.82, 2.24) is 24.1 Å². The van der Waals surface area contributed by atoms with Gasteiger partial charge in [-0.05, 0) is 40.5 Å². The molecule has 2 aromatic heterocycles. The Morgan fingerprint density at radius 2 is 1.93 bits per heavy atom. The van der Waals surface area contributed by atoms with Crippen molar-refractivity contribution in [2.75, 3.05) is 13.1 Å². The molecule has 0 N–H and O–H groups in total. The summed E-state index contributed by atoms with van der Waals surface area (Å²) < 4.78 is 48.2. The summed E-state index contributed by atoms with van der Waals surface area (Å²) >= 11 is 0. The van der Waals surface area contributed by atoms with Gasteiger partial charge in [0.25, 0.3) is 0 Å². The maximum Gasteiger partial charge on any atom is 0.316 e. The topological polar surface area (TPSA) is 90.2 Å². The second kappa shape index (κ2) is 7.51. The third kappa shape index (κ3) is 3.96. The Labute approximate surface area is 158 Å². The summed E-state index contributed by atoms with van der Waals surface area (Å²) in [6.07, 6.45) is 2.98. The molecule has 1 saturated heterocycles. The highest BCUT2D eigenvalue weighted by Gasteiger charge is 2.35. The van der Waals surface area contributed by atoms with Crippen molar-refractivity contribution >= 4 is 10.0 Å². The molecule has 1 aliphatic rings. The number of piperidine rings is 1. The minimum absolute atomic E-state index is 0.0423. The van der Waals surface area contributed by atoms with Crippen LogP contribution in [-0.2, 0) is 10.0 Å². The molecule has 0 unspecified atom stereocenters. The molecule has 0 aromatic carbocycles. The van der Waals surface area contributed by atoms with Crippen LogP contribution >= 0.6 is 0 Å². The Morgan fingerprint density at radius 1 is 1.26 bits per heavy atom. The Bertz CT molecular complexity index is 911. The SMILES string of the molecule is Cc1nn(C(C)C)c(C)c1S(=O)(=O)N1CCC[C@H](Oc2ncc(F)cn2)C1. The Kier molecular flexibility index (Phi) is 5.48. The molecule has 2 aromatic rings. The fourth-order valence-corrected chi connectivity index (χ4v) is 5.25. The third-order valence-corrected chi connectivity index (χ3v) is 6.67. The lowest BCUT2D eigenvalue weighted by Gasteiger charge is -2.31. The van der Waals surface area contributed by atoms with Gasteiger partial charge in [-0.3, -0.25) is 4.68 Å². The fraction of sp³-hybridized carbons (Fsp3) is 0.588. The summed E-state index contributed by atoms with van der Waals surface area (Å²) in [4.78, 5) is 7.82. The first-order valence-corrected chi connectivity index (χ1v) is 10.3. The zero-order valence-electron chi connectivity index (χ0n) is 15.9. The van der Waals surface area contributed by atoms with Crippen LogP contribution in [0.15, 0.2) is 17.3 Å². The van der Waals surface area contributed by atoms with Gasteiger partial charge in [-0.2, -0.15) is 9.40 Å². The van der Waals surface area contributed by atoms with E-state index in [2.05, 4.69) is 15.1 Å². The van der Waals surface area contributed by atoms with Gasteiger partial charge in [0.05, 0.1) is 30.3 Å². The van der Waals surface area contributed by atoms with Crippen LogP contribution in [0.4, 0.5) is 4.39 Å². The molecule has 3 rings (SSSR count). The van der Waals surface area contributed by atoms with Crippen LogP contribution < -0.4 is 4.74 Å². The van der Waals surface area contributed by atoms with Crippen molar-refractivity contribution in [3.8, 4) is 6.01 Å². The smallest absolute Gasteiger partial charge is 0.316 e. The number of nitrogens with zero attached hydrogens (tertiary/aromatic N) is 5. The molecule has 148 valence electrons. The highest BCUT2D eigenvalue weighted by molar-refractivity contribution is 7.89. The number of hydrogen-bond donors (Lipinski definition) is 0. The first-order valence-electron chi connectivity index (χ1n) is 8.90. The molecular weight excluding hydrogens is 373 g/mol. The zero-order valence-corrected chi connectivity index (χ0v) is 16.7. The molecule has 0 amide bonds. The Hall–Kier alpha value is -2.07. The van der Waals surface area contributed by atoms with Crippen LogP contribution in [0.25, 0.3) is 0 Å². The third-order valence-electron chi connectivity index (χ3n) is 4.56. The zero-order chi connectivity index (χ0) is 19.8. The van der Waals surface area contributed by atoms with Crippen molar-refractivity contribution in [3.63, 3.8) is 0 Å². The van der Waals surface area contributed by atoms with E-state index in [9.17, 15) is 12.8 Å². The van der Waals surface area contributed by atoms with E-state index in [1.807, 2.05) is 13.8 Å². The molecule has 1 fully saturated rings. The lowest BCUT2D eigenvalue weighted by atomic mass is 10.1. The van der Waals surface area contributed by atoms with Crippen LogP contribution in [0.3, 0.4) is 0 Å². The summed E-state index contributed by atoms with van der Waals surface area (Å²) in [7, 11) is -3.70. The van der Waals surface area contributed by atoms with Crippen LogP contribution in [-0.4, -0.2) is 51.7 Å². The summed E-state index contributed by atoms with van der Waals surface area (Å²) in [5, 5.41) is 4.39. The van der Waals surface area contributed by atoms with Crippen LogP contribution in [0.2, 0.25) is 0 Å². The van der Waals surface area contributed by atoms with Crippen molar-refractivity contribution in [2.45, 2.75) is 57.6 Å². The summed E-state index contributed by atoms with van der Waals surface area (Å²) in [6.45, 7) is 8.01. The summed E-state index contributed by atoms with van der Waals surface area (Å²) in [5.74, 6) is -0.552. The molecule has 0 bridgehead atoms. The van der Waals surface area contributed by atoms with Gasteiger partial charge in [-0.1, -0.05) is 0 Å². The molecule has 0 saturated carbocycles. The number of halogens is 1. The minimum atomic E-state index is -3.70. The van der Waals surface area contributed by atoms with Gasteiger partial charge in [0.1, 0.15) is 11.0 Å².